The molecule has 11 heteroatoms. The van der Waals surface area contributed by atoms with E-state index >= 15 is 0 Å². The van der Waals surface area contributed by atoms with E-state index in [4.69, 9.17) is 8.83 Å². The molecule has 27 heavy (non-hydrogen) atoms. The molecule has 2 aromatic heterocycles. The van der Waals surface area contributed by atoms with Gasteiger partial charge >= 0.3 is 6.36 Å². The van der Waals surface area contributed by atoms with Crippen LogP contribution in [-0.4, -0.2) is 27.7 Å². The highest BCUT2D eigenvalue weighted by Crippen LogP contribution is 2.28. The number of nitrogens with one attached hydrogen (secondary N) is 1. The van der Waals surface area contributed by atoms with Crippen molar-refractivity contribution in [3.63, 3.8) is 0 Å². The molecule has 0 saturated heterocycles. The van der Waals surface area contributed by atoms with Crippen LogP contribution in [0.5, 0.6) is 5.75 Å². The number of ether oxygens (including phenoxy) is 1. The van der Waals surface area contributed by atoms with E-state index in [1.807, 2.05) is 0 Å². The van der Waals surface area contributed by atoms with Gasteiger partial charge in [0.05, 0.1) is 11.5 Å². The molecule has 1 N–H and O–H groups in total. The van der Waals surface area contributed by atoms with Gasteiger partial charge in [-0.25, -0.2) is 0 Å². The van der Waals surface area contributed by atoms with Gasteiger partial charge in [-0.05, 0) is 43.3 Å². The van der Waals surface area contributed by atoms with Gasteiger partial charge in [-0.1, -0.05) is 11.8 Å². The maximum absolute atomic E-state index is 12.2. The van der Waals surface area contributed by atoms with Crippen molar-refractivity contribution in [2.75, 3.05) is 5.32 Å². The number of hydrogen-bond acceptors (Lipinski definition) is 7. The molecule has 0 fully saturated rings. The summed E-state index contributed by atoms with van der Waals surface area (Å²) in [7, 11) is 0. The Hall–Kier alpha value is -2.95. The van der Waals surface area contributed by atoms with Gasteiger partial charge in [-0.15, -0.1) is 23.4 Å². The summed E-state index contributed by atoms with van der Waals surface area (Å²) in [6.45, 7) is 1.62. The van der Waals surface area contributed by atoms with Gasteiger partial charge in [0.1, 0.15) is 5.75 Å². The number of thioether (sulfide) groups is 1. The molecule has 0 saturated carbocycles. The fraction of sp³-hybridized carbons (Fsp3) is 0.188. The second-order valence-corrected chi connectivity index (χ2v) is 6.46. The molecule has 0 bridgehead atoms. The molecule has 3 rings (SSSR count). The zero-order valence-corrected chi connectivity index (χ0v) is 14.5. The van der Waals surface area contributed by atoms with Crippen LogP contribution in [0.25, 0.3) is 11.7 Å². The predicted molar refractivity (Wildman–Crippen MR) is 89.1 cm³/mol. The minimum absolute atomic E-state index is 0.179. The molecule has 1 unspecified atom stereocenters. The Balaban J connectivity index is 1.56. The van der Waals surface area contributed by atoms with E-state index in [9.17, 15) is 18.0 Å². The first-order valence-electron chi connectivity index (χ1n) is 7.51. The lowest BCUT2D eigenvalue weighted by molar-refractivity contribution is -0.274. The van der Waals surface area contributed by atoms with Gasteiger partial charge in [0.15, 0.2) is 5.76 Å². The number of anilines is 1. The van der Waals surface area contributed by atoms with E-state index in [1.54, 1.807) is 19.1 Å². The number of aromatic nitrogens is 2. The molecule has 3 aromatic rings. The molecule has 0 aliphatic rings. The van der Waals surface area contributed by atoms with Crippen LogP contribution in [0.2, 0.25) is 0 Å². The smallest absolute Gasteiger partial charge is 0.459 e. The number of nitrogens with zero attached hydrogens (tertiary/aromatic N) is 2. The standard InChI is InChI=1S/C16H12F3N3O4S/c1-9(27-15-22-21-14(25-15)12-3-2-8-24-12)13(23)20-10-4-6-11(7-5-10)26-16(17,18)19/h2-9H,1H3,(H,20,23). The zero-order chi connectivity index (χ0) is 19.4. The number of amides is 1. The van der Waals surface area contributed by atoms with E-state index in [2.05, 4.69) is 20.3 Å². The molecule has 1 amide bonds. The molecule has 0 aliphatic carbocycles. The predicted octanol–water partition coefficient (Wildman–Crippen LogP) is 4.35. The maximum Gasteiger partial charge on any atom is 0.573 e. The summed E-state index contributed by atoms with van der Waals surface area (Å²) in [6, 6.07) is 8.15. The van der Waals surface area contributed by atoms with Crippen molar-refractivity contribution in [3.8, 4) is 17.4 Å². The average molecular weight is 399 g/mol. The number of hydrogen-bond donors (Lipinski definition) is 1. The molecule has 0 radical (unpaired) electrons. The molecule has 7 nitrogen and oxygen atoms in total. The van der Waals surface area contributed by atoms with Crippen molar-refractivity contribution in [1.29, 1.82) is 0 Å². The summed E-state index contributed by atoms with van der Waals surface area (Å²) in [5.74, 6) is -0.163. The number of benzene rings is 1. The summed E-state index contributed by atoms with van der Waals surface area (Å²) < 4.78 is 50.7. The van der Waals surface area contributed by atoms with Crippen molar-refractivity contribution < 1.29 is 31.5 Å². The molecule has 1 aromatic carbocycles. The lowest BCUT2D eigenvalue weighted by Gasteiger charge is -2.11. The molecular formula is C16H12F3N3O4S. The first-order valence-corrected chi connectivity index (χ1v) is 8.39. The van der Waals surface area contributed by atoms with Gasteiger partial charge in [0, 0.05) is 5.69 Å². The van der Waals surface area contributed by atoms with Gasteiger partial charge in [-0.3, -0.25) is 4.79 Å². The summed E-state index contributed by atoms with van der Waals surface area (Å²) in [5.41, 5.74) is 0.323. The molecule has 0 aliphatic heterocycles. The summed E-state index contributed by atoms with van der Waals surface area (Å²) in [6.07, 6.45) is -3.30. The third-order valence-electron chi connectivity index (χ3n) is 3.14. The van der Waals surface area contributed by atoms with Gasteiger partial charge in [-0.2, -0.15) is 0 Å². The highest BCUT2D eigenvalue weighted by atomic mass is 32.2. The van der Waals surface area contributed by atoms with Crippen molar-refractivity contribution in [2.24, 2.45) is 0 Å². The number of rotatable bonds is 6. The highest BCUT2D eigenvalue weighted by Gasteiger charge is 2.31. The largest absolute Gasteiger partial charge is 0.573 e. The monoisotopic (exact) mass is 399 g/mol. The van der Waals surface area contributed by atoms with Crippen molar-refractivity contribution in [2.45, 2.75) is 23.8 Å². The number of carbonyl (C=O) groups excluding carboxylic acids is 1. The Kier molecular flexibility index (Phi) is 5.40. The number of furan rings is 1. The van der Waals surface area contributed by atoms with Crippen molar-refractivity contribution in [1.82, 2.24) is 10.2 Å². The van der Waals surface area contributed by atoms with Crippen molar-refractivity contribution in [3.05, 3.63) is 42.7 Å². The lowest BCUT2D eigenvalue weighted by atomic mass is 10.3. The Morgan fingerprint density at radius 3 is 2.59 bits per heavy atom. The molecular weight excluding hydrogens is 387 g/mol. The van der Waals surface area contributed by atoms with Crippen LogP contribution in [0.3, 0.4) is 0 Å². The van der Waals surface area contributed by atoms with E-state index < -0.39 is 11.6 Å². The minimum Gasteiger partial charge on any atom is -0.459 e. The van der Waals surface area contributed by atoms with Crippen molar-refractivity contribution >= 4 is 23.4 Å². The third-order valence-corrected chi connectivity index (χ3v) is 4.07. The maximum atomic E-state index is 12.2. The van der Waals surface area contributed by atoms with Crippen LogP contribution in [0.15, 0.2) is 56.7 Å². The van der Waals surface area contributed by atoms with E-state index in [1.165, 1.54) is 18.4 Å². The van der Waals surface area contributed by atoms with Gasteiger partial charge in [0.2, 0.25) is 5.91 Å². The number of carbonyl (C=O) groups is 1. The van der Waals surface area contributed by atoms with Crippen LogP contribution in [-0.2, 0) is 4.79 Å². The SMILES string of the molecule is CC(Sc1nnc(-c2ccco2)o1)C(=O)Nc1ccc(OC(F)(F)F)cc1. The first-order chi connectivity index (χ1) is 12.8. The second-order valence-electron chi connectivity index (χ2n) is 5.17. The van der Waals surface area contributed by atoms with E-state index in [0.29, 0.717) is 11.4 Å². The fourth-order valence-corrected chi connectivity index (χ4v) is 2.63. The summed E-state index contributed by atoms with van der Waals surface area (Å²) in [4.78, 5) is 12.2. The summed E-state index contributed by atoms with van der Waals surface area (Å²) in [5, 5.41) is 9.82. The Bertz CT molecular complexity index is 895. The van der Waals surface area contributed by atoms with Crippen LogP contribution in [0.4, 0.5) is 18.9 Å². The molecule has 2 heterocycles. The Morgan fingerprint density at radius 2 is 1.96 bits per heavy atom. The zero-order valence-electron chi connectivity index (χ0n) is 13.7. The van der Waals surface area contributed by atoms with E-state index in [0.717, 1.165) is 23.9 Å². The third kappa shape index (κ3) is 5.26. The van der Waals surface area contributed by atoms with Crippen LogP contribution in [0, 0.1) is 0 Å². The van der Waals surface area contributed by atoms with Gasteiger partial charge < -0.3 is 18.9 Å². The highest BCUT2D eigenvalue weighted by molar-refractivity contribution is 8.00. The van der Waals surface area contributed by atoms with Crippen LogP contribution >= 0.6 is 11.8 Å². The lowest BCUT2D eigenvalue weighted by Crippen LogP contribution is -2.22. The van der Waals surface area contributed by atoms with Crippen LogP contribution in [0.1, 0.15) is 6.92 Å². The fourth-order valence-electron chi connectivity index (χ4n) is 1.95. The minimum atomic E-state index is -4.77. The number of alkyl halides is 3. The Morgan fingerprint density at radius 1 is 1.22 bits per heavy atom. The number of halogens is 3. The normalized spacial score (nSPS) is 12.6. The molecule has 1 atom stereocenters. The van der Waals surface area contributed by atoms with E-state index in [-0.39, 0.29) is 22.8 Å². The Labute approximate surface area is 154 Å². The summed E-state index contributed by atoms with van der Waals surface area (Å²) >= 11 is 1.03. The van der Waals surface area contributed by atoms with Crippen LogP contribution < -0.4 is 10.1 Å². The molecule has 0 spiro atoms. The average Bonchev–Trinajstić information content (AvgIpc) is 3.26. The topological polar surface area (TPSA) is 90.4 Å². The van der Waals surface area contributed by atoms with Gasteiger partial charge in [0.25, 0.3) is 11.1 Å². The quantitative estimate of drug-likeness (QED) is 0.616. The first kappa shape index (κ1) is 18.8. The molecule has 142 valence electrons. The second kappa shape index (κ2) is 7.74.